The van der Waals surface area contributed by atoms with Gasteiger partial charge in [-0.15, -0.1) is 0 Å². The minimum Gasteiger partial charge on any atom is -0.748 e. The van der Waals surface area contributed by atoms with Gasteiger partial charge in [-0.25, -0.2) is 8.42 Å². The van der Waals surface area contributed by atoms with Crippen molar-refractivity contribution in [3.63, 3.8) is 0 Å². The van der Waals surface area contributed by atoms with E-state index in [1.165, 1.54) is 64.2 Å². The van der Waals surface area contributed by atoms with E-state index in [-0.39, 0.29) is 55.4 Å². The summed E-state index contributed by atoms with van der Waals surface area (Å²) in [6, 6.07) is 0. The van der Waals surface area contributed by atoms with E-state index in [2.05, 4.69) is 6.92 Å². The molecule has 1 N–H and O–H groups in total. The number of aliphatic hydroxyl groups excluding tert-OH is 1. The second kappa shape index (κ2) is 19.8. The Labute approximate surface area is 230 Å². The van der Waals surface area contributed by atoms with Crippen LogP contribution in [0.1, 0.15) is 90.9 Å². The number of hydrogen-bond acceptors (Lipinski definition) is 8. The molecule has 1 fully saturated rings. The van der Waals surface area contributed by atoms with Crippen LogP contribution in [0.15, 0.2) is 0 Å². The van der Waals surface area contributed by atoms with Crippen LogP contribution in [0.3, 0.4) is 0 Å². The monoisotopic (exact) mass is 517 g/mol. The van der Waals surface area contributed by atoms with Gasteiger partial charge in [0, 0.05) is 19.5 Å². The Bertz CT molecular complexity index is 596. The second-order valence-corrected chi connectivity index (χ2v) is 11.2. The Balaban J connectivity index is 0.0000109. The van der Waals surface area contributed by atoms with Gasteiger partial charge in [-0.1, -0.05) is 71.1 Å². The quantitative estimate of drug-likeness (QED) is 0.135. The van der Waals surface area contributed by atoms with Crippen molar-refractivity contribution < 1.29 is 61.8 Å². The van der Waals surface area contributed by atoms with E-state index >= 15 is 0 Å². The Morgan fingerprint density at radius 3 is 2.21 bits per heavy atom. The average Bonchev–Trinajstić information content (AvgIpc) is 3.11. The van der Waals surface area contributed by atoms with Gasteiger partial charge in [0.15, 0.2) is 5.79 Å². The molecule has 8 nitrogen and oxygen atoms in total. The van der Waals surface area contributed by atoms with Gasteiger partial charge in [0.1, 0.15) is 6.10 Å². The van der Waals surface area contributed by atoms with E-state index in [1.807, 2.05) is 6.92 Å². The van der Waals surface area contributed by atoms with Crippen LogP contribution in [0.4, 0.5) is 0 Å². The molecule has 10 heteroatoms. The largest absolute Gasteiger partial charge is 1.00 e. The molecule has 198 valence electrons. The Morgan fingerprint density at radius 2 is 1.65 bits per heavy atom. The van der Waals surface area contributed by atoms with Gasteiger partial charge < -0.3 is 28.8 Å². The Hall–Kier alpha value is 0.710. The zero-order valence-corrected chi connectivity index (χ0v) is 25.0. The van der Waals surface area contributed by atoms with Crippen molar-refractivity contribution in [2.45, 2.75) is 109 Å². The van der Waals surface area contributed by atoms with Gasteiger partial charge in [-0.05, 0) is 20.4 Å². The first kappa shape index (κ1) is 34.7. The molecule has 3 unspecified atom stereocenters. The van der Waals surface area contributed by atoms with E-state index in [1.54, 1.807) is 11.9 Å². The minimum atomic E-state index is -4.25. The maximum atomic E-state index is 10.7. The van der Waals surface area contributed by atoms with Gasteiger partial charge in [-0.2, -0.15) is 0 Å². The van der Waals surface area contributed by atoms with Gasteiger partial charge in [0.05, 0.1) is 41.8 Å². The molecule has 0 aromatic heterocycles. The van der Waals surface area contributed by atoms with Crippen LogP contribution in [0.5, 0.6) is 0 Å². The summed E-state index contributed by atoms with van der Waals surface area (Å²) in [5, 5.41) is 10.0. The normalized spacial score (nSPS) is 21.6. The molecular formula is C24H48NNaO7S. The molecule has 0 aliphatic carbocycles. The SMILES string of the molecule is CCCCCCCCCCCCCC1(C)OCC(COCC(O)CN(C)CCS(=O)(=O)[O-])O1.[Na+]. The molecule has 0 spiro atoms. The standard InChI is InChI=1S/C24H49NO7S.Na/c1-4-5-6-7-8-9-10-11-12-13-14-15-24(2)31-21-23(32-24)20-30-19-22(26)18-25(3)16-17-33(27,28)29;/h22-23,26H,4-21H2,1-3H3,(H,27,28,29);/q;+1/p-1. The number of unbranched alkanes of at least 4 members (excludes halogenated alkanes) is 10. The first-order chi connectivity index (χ1) is 15.6. The van der Waals surface area contributed by atoms with Gasteiger partial charge in [0.25, 0.3) is 0 Å². The van der Waals surface area contributed by atoms with Gasteiger partial charge in [-0.3, -0.25) is 0 Å². The number of nitrogens with zero attached hydrogens (tertiary/aromatic N) is 1. The molecular weight excluding hydrogens is 469 g/mol. The molecule has 1 saturated heterocycles. The smallest absolute Gasteiger partial charge is 0.748 e. The van der Waals surface area contributed by atoms with Crippen molar-refractivity contribution >= 4 is 10.1 Å². The predicted octanol–water partition coefficient (Wildman–Crippen LogP) is 0.678. The summed E-state index contributed by atoms with van der Waals surface area (Å²) in [6.45, 7) is 5.48. The maximum absolute atomic E-state index is 10.7. The van der Waals surface area contributed by atoms with E-state index in [0.717, 1.165) is 12.8 Å². The second-order valence-electron chi connectivity index (χ2n) is 9.69. The molecule has 3 atom stereocenters. The number of hydrogen-bond donors (Lipinski definition) is 1. The maximum Gasteiger partial charge on any atom is 1.00 e. The van der Waals surface area contributed by atoms with Crippen LogP contribution in [-0.2, 0) is 24.3 Å². The van der Waals surface area contributed by atoms with E-state index < -0.39 is 27.8 Å². The molecule has 0 aromatic carbocycles. The minimum absolute atomic E-state index is 0. The van der Waals surface area contributed by atoms with Crippen molar-refractivity contribution in [2.24, 2.45) is 0 Å². The fraction of sp³-hybridized carbons (Fsp3) is 1.00. The van der Waals surface area contributed by atoms with Gasteiger partial charge in [0.2, 0.25) is 0 Å². The van der Waals surface area contributed by atoms with Gasteiger partial charge >= 0.3 is 29.6 Å². The molecule has 0 radical (unpaired) electrons. The summed E-state index contributed by atoms with van der Waals surface area (Å²) in [6.07, 6.45) is 14.4. The number of rotatable bonds is 21. The molecule has 1 aliphatic rings. The first-order valence-electron chi connectivity index (χ1n) is 12.8. The number of likely N-dealkylation sites (N-methyl/N-ethyl adjacent to an activating group) is 1. The molecule has 0 bridgehead atoms. The third-order valence-corrected chi connectivity index (χ3v) is 6.77. The van der Waals surface area contributed by atoms with Crippen molar-refractivity contribution in [1.29, 1.82) is 0 Å². The molecule has 1 aliphatic heterocycles. The zero-order chi connectivity index (χ0) is 24.6. The van der Waals surface area contributed by atoms with Crippen LogP contribution >= 0.6 is 0 Å². The third-order valence-electron chi connectivity index (χ3n) is 6.08. The van der Waals surface area contributed by atoms with Crippen molar-refractivity contribution in [1.82, 2.24) is 4.90 Å². The molecule has 1 heterocycles. The molecule has 0 amide bonds. The summed E-state index contributed by atoms with van der Waals surface area (Å²) in [5.41, 5.74) is 0. The van der Waals surface area contributed by atoms with Crippen LogP contribution in [0.25, 0.3) is 0 Å². The molecule has 34 heavy (non-hydrogen) atoms. The summed E-state index contributed by atoms with van der Waals surface area (Å²) in [4.78, 5) is 1.60. The molecule has 0 aromatic rings. The fourth-order valence-electron chi connectivity index (χ4n) is 4.12. The number of aliphatic hydroxyl groups is 1. The summed E-state index contributed by atoms with van der Waals surface area (Å²) >= 11 is 0. The fourth-order valence-corrected chi connectivity index (χ4v) is 4.66. The van der Waals surface area contributed by atoms with Crippen molar-refractivity contribution in [2.75, 3.05) is 45.7 Å². The first-order valence-corrected chi connectivity index (χ1v) is 14.4. The molecule has 0 saturated carbocycles. The van der Waals surface area contributed by atoms with Crippen LogP contribution in [-0.4, -0.2) is 86.7 Å². The van der Waals surface area contributed by atoms with Crippen molar-refractivity contribution in [3.05, 3.63) is 0 Å². The third kappa shape index (κ3) is 18.9. The number of ether oxygens (including phenoxy) is 3. The summed E-state index contributed by atoms with van der Waals surface area (Å²) in [5.74, 6) is -1.03. The van der Waals surface area contributed by atoms with Crippen molar-refractivity contribution in [3.8, 4) is 0 Å². The van der Waals surface area contributed by atoms with Crippen LogP contribution in [0.2, 0.25) is 0 Å². The predicted molar refractivity (Wildman–Crippen MR) is 129 cm³/mol. The zero-order valence-electron chi connectivity index (χ0n) is 22.1. The Kier molecular flexibility index (Phi) is 20.2. The van der Waals surface area contributed by atoms with E-state index in [4.69, 9.17) is 14.2 Å². The van der Waals surface area contributed by atoms with E-state index in [9.17, 15) is 18.1 Å². The van der Waals surface area contributed by atoms with Crippen LogP contribution in [0, 0.1) is 0 Å². The van der Waals surface area contributed by atoms with E-state index in [0.29, 0.717) is 13.2 Å². The summed E-state index contributed by atoms with van der Waals surface area (Å²) in [7, 11) is -2.59. The van der Waals surface area contributed by atoms with Crippen LogP contribution < -0.4 is 29.6 Å². The topological polar surface area (TPSA) is 108 Å². The Morgan fingerprint density at radius 1 is 1.09 bits per heavy atom. The molecule has 1 rings (SSSR count). The summed E-state index contributed by atoms with van der Waals surface area (Å²) < 4.78 is 49.5. The average molecular weight is 518 g/mol.